The van der Waals surface area contributed by atoms with Gasteiger partial charge in [0.05, 0.1) is 12.3 Å². The highest BCUT2D eigenvalue weighted by Gasteiger charge is 2.14. The van der Waals surface area contributed by atoms with Gasteiger partial charge in [0, 0.05) is 6.61 Å². The van der Waals surface area contributed by atoms with E-state index in [0.29, 0.717) is 6.61 Å². The van der Waals surface area contributed by atoms with Crippen LogP contribution in [0, 0.1) is 0 Å². The quantitative estimate of drug-likeness (QED) is 0.536. The second kappa shape index (κ2) is 7.22. The summed E-state index contributed by atoms with van der Waals surface area (Å²) in [5.74, 6) is -1.80. The fourth-order valence-corrected chi connectivity index (χ4v) is 1.30. The topological polar surface area (TPSA) is 105 Å². The normalized spacial score (nSPS) is 9.95. The van der Waals surface area contributed by atoms with Gasteiger partial charge >= 0.3 is 12.1 Å². The van der Waals surface area contributed by atoms with Gasteiger partial charge in [-0.1, -0.05) is 6.07 Å². The van der Waals surface area contributed by atoms with E-state index in [4.69, 9.17) is 14.6 Å². The van der Waals surface area contributed by atoms with E-state index in [1.54, 1.807) is 0 Å². The number of carboxylic acid groups (broad SMARTS) is 1. The van der Waals surface area contributed by atoms with Gasteiger partial charge < -0.3 is 19.7 Å². The molecule has 0 spiro atoms. The molecule has 0 saturated carbocycles. The number of aromatic hydroxyl groups is 1. The maximum atomic E-state index is 11.4. The maximum absolute atomic E-state index is 11.4. The molecule has 0 atom stereocenters. The average molecular weight is 269 g/mol. The minimum atomic E-state index is -1.29. The first-order valence-electron chi connectivity index (χ1n) is 5.63. The number of hydrogen-bond donors (Lipinski definition) is 3. The molecule has 1 aromatic rings. The lowest BCUT2D eigenvalue weighted by atomic mass is 10.2. The molecule has 0 fully saturated rings. The smallest absolute Gasteiger partial charge is 0.411 e. The van der Waals surface area contributed by atoms with E-state index in [0.717, 1.165) is 0 Å². The highest BCUT2D eigenvalue weighted by atomic mass is 16.6. The van der Waals surface area contributed by atoms with Gasteiger partial charge in [0.2, 0.25) is 0 Å². The Morgan fingerprint density at radius 1 is 1.32 bits per heavy atom. The molecule has 0 aromatic heterocycles. The monoisotopic (exact) mass is 269 g/mol. The van der Waals surface area contributed by atoms with Crippen LogP contribution in [0.5, 0.6) is 5.75 Å². The molecule has 0 aliphatic rings. The number of carboxylic acids is 1. The Labute approximate surface area is 109 Å². The lowest BCUT2D eigenvalue weighted by molar-refractivity contribution is 0.0693. The molecule has 7 heteroatoms. The van der Waals surface area contributed by atoms with E-state index in [2.05, 4.69) is 5.32 Å². The summed E-state index contributed by atoms with van der Waals surface area (Å²) >= 11 is 0. The second-order valence-electron chi connectivity index (χ2n) is 3.46. The number of carbonyl (C=O) groups is 2. The van der Waals surface area contributed by atoms with Crippen LogP contribution in [0.2, 0.25) is 0 Å². The zero-order valence-corrected chi connectivity index (χ0v) is 10.4. The fourth-order valence-electron chi connectivity index (χ4n) is 1.30. The van der Waals surface area contributed by atoms with Gasteiger partial charge in [-0.2, -0.15) is 0 Å². The molecule has 0 bridgehead atoms. The van der Waals surface area contributed by atoms with E-state index >= 15 is 0 Å². The van der Waals surface area contributed by atoms with Gasteiger partial charge in [-0.3, -0.25) is 5.32 Å². The molecule has 0 aliphatic carbocycles. The molecular weight excluding hydrogens is 254 g/mol. The zero-order valence-electron chi connectivity index (χ0n) is 10.4. The molecule has 0 radical (unpaired) electrons. The van der Waals surface area contributed by atoms with Crippen LogP contribution in [0.4, 0.5) is 10.5 Å². The Hall–Kier alpha value is -2.28. The largest absolute Gasteiger partial charge is 0.505 e. The molecule has 0 saturated heterocycles. The predicted octanol–water partition coefficient (Wildman–Crippen LogP) is 1.68. The van der Waals surface area contributed by atoms with Crippen LogP contribution >= 0.6 is 0 Å². The van der Waals surface area contributed by atoms with Gasteiger partial charge in [0.15, 0.2) is 5.75 Å². The Balaban J connectivity index is 2.59. The highest BCUT2D eigenvalue weighted by Crippen LogP contribution is 2.27. The predicted molar refractivity (Wildman–Crippen MR) is 66.5 cm³/mol. The lowest BCUT2D eigenvalue weighted by Crippen LogP contribution is -2.17. The Kier molecular flexibility index (Phi) is 5.62. The van der Waals surface area contributed by atoms with Crippen LogP contribution < -0.4 is 5.32 Å². The third-order valence-electron chi connectivity index (χ3n) is 2.17. The molecule has 7 nitrogen and oxygen atoms in total. The van der Waals surface area contributed by atoms with Crippen molar-refractivity contribution in [3.8, 4) is 5.75 Å². The van der Waals surface area contributed by atoms with Crippen LogP contribution in [0.15, 0.2) is 18.2 Å². The Bertz CT molecular complexity index is 460. The number of nitrogens with one attached hydrogen (secondary N) is 1. The van der Waals surface area contributed by atoms with E-state index in [-0.39, 0.29) is 24.5 Å². The third kappa shape index (κ3) is 4.47. The molecule has 1 aromatic carbocycles. The fraction of sp³-hybridized carbons (Fsp3) is 0.333. The number of para-hydroxylation sites is 1. The number of anilines is 1. The molecule has 0 aliphatic heterocycles. The molecule has 1 rings (SSSR count). The van der Waals surface area contributed by atoms with Crippen molar-refractivity contribution in [2.75, 3.05) is 25.1 Å². The summed E-state index contributed by atoms with van der Waals surface area (Å²) in [4.78, 5) is 22.1. The van der Waals surface area contributed by atoms with Crippen LogP contribution in [0.25, 0.3) is 0 Å². The SMILES string of the molecule is CCOCCOC(=O)Nc1cccc(C(=O)O)c1O. The van der Waals surface area contributed by atoms with Crippen LogP contribution in [-0.4, -0.2) is 42.1 Å². The lowest BCUT2D eigenvalue weighted by Gasteiger charge is -2.09. The second-order valence-corrected chi connectivity index (χ2v) is 3.46. The summed E-state index contributed by atoms with van der Waals surface area (Å²) < 4.78 is 9.75. The van der Waals surface area contributed by atoms with Crippen molar-refractivity contribution in [1.82, 2.24) is 0 Å². The van der Waals surface area contributed by atoms with Gasteiger partial charge in [-0.25, -0.2) is 9.59 Å². The van der Waals surface area contributed by atoms with E-state index < -0.39 is 17.8 Å². The van der Waals surface area contributed by atoms with E-state index in [1.165, 1.54) is 18.2 Å². The van der Waals surface area contributed by atoms with Gasteiger partial charge in [-0.05, 0) is 19.1 Å². The van der Waals surface area contributed by atoms with Crippen molar-refractivity contribution < 1.29 is 29.3 Å². The standard InChI is InChI=1S/C12H15NO6/c1-2-18-6-7-19-12(17)13-9-5-3-4-8(10(9)14)11(15)16/h3-5,14H,2,6-7H2,1H3,(H,13,17)(H,15,16). The Morgan fingerprint density at radius 3 is 2.68 bits per heavy atom. The first-order chi connectivity index (χ1) is 9.06. The number of amides is 1. The van der Waals surface area contributed by atoms with E-state index in [9.17, 15) is 14.7 Å². The summed E-state index contributed by atoms with van der Waals surface area (Å²) in [6, 6.07) is 3.99. The summed E-state index contributed by atoms with van der Waals surface area (Å²) in [7, 11) is 0. The first kappa shape index (κ1) is 14.8. The minimum Gasteiger partial charge on any atom is -0.505 e. The maximum Gasteiger partial charge on any atom is 0.411 e. The highest BCUT2D eigenvalue weighted by molar-refractivity contribution is 5.96. The van der Waals surface area contributed by atoms with Crippen LogP contribution in [0.3, 0.4) is 0 Å². The van der Waals surface area contributed by atoms with Crippen molar-refractivity contribution in [2.24, 2.45) is 0 Å². The van der Waals surface area contributed by atoms with Crippen LogP contribution in [-0.2, 0) is 9.47 Å². The minimum absolute atomic E-state index is 0.0266. The van der Waals surface area contributed by atoms with Crippen LogP contribution in [0.1, 0.15) is 17.3 Å². The van der Waals surface area contributed by atoms with E-state index in [1.807, 2.05) is 6.92 Å². The van der Waals surface area contributed by atoms with Crippen molar-refractivity contribution >= 4 is 17.7 Å². The molecule has 19 heavy (non-hydrogen) atoms. The third-order valence-corrected chi connectivity index (χ3v) is 2.17. The molecule has 104 valence electrons. The van der Waals surface area contributed by atoms with Gasteiger partial charge in [-0.15, -0.1) is 0 Å². The molecule has 0 heterocycles. The molecule has 0 unspecified atom stereocenters. The number of phenols is 1. The van der Waals surface area contributed by atoms with Crippen molar-refractivity contribution in [1.29, 1.82) is 0 Å². The number of ether oxygens (including phenoxy) is 2. The average Bonchev–Trinajstić information content (AvgIpc) is 2.37. The number of carbonyl (C=O) groups excluding carboxylic acids is 1. The summed E-state index contributed by atoms with van der Waals surface area (Å²) in [6.45, 7) is 2.67. The van der Waals surface area contributed by atoms with Crippen molar-refractivity contribution in [2.45, 2.75) is 6.92 Å². The van der Waals surface area contributed by atoms with Gasteiger partial charge in [0.25, 0.3) is 0 Å². The molecule has 3 N–H and O–H groups in total. The first-order valence-corrected chi connectivity index (χ1v) is 5.63. The zero-order chi connectivity index (χ0) is 14.3. The van der Waals surface area contributed by atoms with Crippen molar-refractivity contribution in [3.05, 3.63) is 23.8 Å². The summed E-state index contributed by atoms with van der Waals surface area (Å²) in [5, 5.41) is 20.7. The number of rotatable bonds is 6. The number of benzene rings is 1. The summed E-state index contributed by atoms with van der Waals surface area (Å²) in [6.07, 6.45) is -0.794. The number of aromatic carboxylic acids is 1. The Morgan fingerprint density at radius 2 is 2.05 bits per heavy atom. The summed E-state index contributed by atoms with van der Waals surface area (Å²) in [5.41, 5.74) is -0.326. The van der Waals surface area contributed by atoms with Gasteiger partial charge in [0.1, 0.15) is 12.2 Å². The van der Waals surface area contributed by atoms with Crippen molar-refractivity contribution in [3.63, 3.8) is 0 Å². The molecule has 1 amide bonds. The molecular formula is C12H15NO6. The number of hydrogen-bond acceptors (Lipinski definition) is 5.